The zero-order valence-corrected chi connectivity index (χ0v) is 18.6. The van der Waals surface area contributed by atoms with E-state index in [1.807, 2.05) is 32.9 Å². The van der Waals surface area contributed by atoms with Crippen molar-refractivity contribution < 1.29 is 19.0 Å². The van der Waals surface area contributed by atoms with Crippen molar-refractivity contribution in [1.82, 2.24) is 5.43 Å². The molecule has 0 saturated carbocycles. The summed E-state index contributed by atoms with van der Waals surface area (Å²) >= 11 is 2.19. The topological polar surface area (TPSA) is 69.2 Å². The molecule has 0 radical (unpaired) electrons. The van der Waals surface area contributed by atoms with Gasteiger partial charge in [-0.05, 0) is 84.8 Å². The van der Waals surface area contributed by atoms with Crippen molar-refractivity contribution in [3.05, 3.63) is 51.1 Å². The van der Waals surface area contributed by atoms with Gasteiger partial charge >= 0.3 is 0 Å². The molecule has 7 heteroatoms. The van der Waals surface area contributed by atoms with Crippen LogP contribution in [0.2, 0.25) is 0 Å². The number of amides is 1. The van der Waals surface area contributed by atoms with Crippen LogP contribution in [-0.2, 0) is 0 Å². The second-order valence-electron chi connectivity index (χ2n) is 6.27. The first kappa shape index (κ1) is 22.0. The van der Waals surface area contributed by atoms with Crippen LogP contribution in [0.3, 0.4) is 0 Å². The minimum Gasteiger partial charge on any atom is -0.494 e. The molecule has 0 unspecified atom stereocenters. The van der Waals surface area contributed by atoms with Crippen LogP contribution in [0.5, 0.6) is 17.2 Å². The summed E-state index contributed by atoms with van der Waals surface area (Å²) in [6.45, 7) is 6.62. The number of halogens is 1. The zero-order chi connectivity index (χ0) is 20.5. The second kappa shape index (κ2) is 10.9. The Bertz CT molecular complexity index is 820. The molecule has 1 amide bonds. The van der Waals surface area contributed by atoms with E-state index in [4.69, 9.17) is 14.2 Å². The van der Waals surface area contributed by atoms with Crippen LogP contribution >= 0.6 is 22.6 Å². The fraction of sp³-hybridized carbons (Fsp3) is 0.333. The Hall–Kier alpha value is -2.29. The number of hydrogen-bond acceptors (Lipinski definition) is 5. The van der Waals surface area contributed by atoms with Gasteiger partial charge in [0, 0.05) is 5.56 Å². The van der Waals surface area contributed by atoms with Gasteiger partial charge in [-0.15, -0.1) is 0 Å². The zero-order valence-electron chi connectivity index (χ0n) is 16.5. The molecule has 150 valence electrons. The van der Waals surface area contributed by atoms with Gasteiger partial charge in [-0.25, -0.2) is 5.43 Å². The predicted octanol–water partition coefficient (Wildman–Crippen LogP) is 4.64. The Balaban J connectivity index is 2.03. The predicted molar refractivity (Wildman–Crippen MR) is 119 cm³/mol. The van der Waals surface area contributed by atoms with E-state index < -0.39 is 0 Å². The van der Waals surface area contributed by atoms with E-state index in [0.717, 1.165) is 21.3 Å². The fourth-order valence-corrected chi connectivity index (χ4v) is 3.07. The third kappa shape index (κ3) is 6.40. The van der Waals surface area contributed by atoms with Crippen LogP contribution in [0.1, 0.15) is 43.1 Å². The summed E-state index contributed by atoms with van der Waals surface area (Å²) in [5.74, 6) is 1.77. The van der Waals surface area contributed by atoms with Crippen molar-refractivity contribution in [2.45, 2.75) is 33.3 Å². The van der Waals surface area contributed by atoms with E-state index in [0.29, 0.717) is 23.7 Å². The number of methoxy groups -OCH3 is 1. The standard InChI is InChI=1S/C21H25IN2O4/c1-5-10-27-17-8-6-16(7-9-17)21(25)24-23-13-15-11-18(22)20(28-14(2)3)19(12-15)26-4/h6-9,11-14H,5,10H2,1-4H3,(H,24,25)/b23-13-. The molecule has 28 heavy (non-hydrogen) atoms. The summed E-state index contributed by atoms with van der Waals surface area (Å²) in [6, 6.07) is 10.7. The number of nitrogens with zero attached hydrogens (tertiary/aromatic N) is 1. The quantitative estimate of drug-likeness (QED) is 0.312. The molecule has 0 atom stereocenters. The molecule has 2 rings (SSSR count). The highest BCUT2D eigenvalue weighted by Crippen LogP contribution is 2.34. The Morgan fingerprint density at radius 1 is 1.25 bits per heavy atom. The molecule has 6 nitrogen and oxygen atoms in total. The maximum absolute atomic E-state index is 12.2. The van der Waals surface area contributed by atoms with Crippen molar-refractivity contribution in [2.24, 2.45) is 5.10 Å². The van der Waals surface area contributed by atoms with E-state index in [1.54, 1.807) is 37.6 Å². The summed E-state index contributed by atoms with van der Waals surface area (Å²) in [5.41, 5.74) is 3.83. The van der Waals surface area contributed by atoms with E-state index >= 15 is 0 Å². The van der Waals surface area contributed by atoms with Gasteiger partial charge in [-0.3, -0.25) is 4.79 Å². The Kier molecular flexibility index (Phi) is 8.56. The Morgan fingerprint density at radius 2 is 1.96 bits per heavy atom. The molecule has 0 aromatic heterocycles. The molecule has 2 aromatic rings. The second-order valence-corrected chi connectivity index (χ2v) is 7.43. The minimum absolute atomic E-state index is 0.0417. The lowest BCUT2D eigenvalue weighted by molar-refractivity contribution is 0.0955. The number of nitrogens with one attached hydrogen (secondary N) is 1. The molecule has 0 heterocycles. The van der Waals surface area contributed by atoms with Gasteiger partial charge in [0.15, 0.2) is 11.5 Å². The lowest BCUT2D eigenvalue weighted by Gasteiger charge is -2.15. The summed E-state index contributed by atoms with van der Waals surface area (Å²) in [5, 5.41) is 4.04. The van der Waals surface area contributed by atoms with Crippen molar-refractivity contribution in [3.63, 3.8) is 0 Å². The van der Waals surface area contributed by atoms with E-state index in [2.05, 4.69) is 33.1 Å². The monoisotopic (exact) mass is 496 g/mol. The first-order chi connectivity index (χ1) is 13.4. The van der Waals surface area contributed by atoms with Crippen molar-refractivity contribution in [3.8, 4) is 17.2 Å². The molecule has 0 bridgehead atoms. The molecule has 0 spiro atoms. The van der Waals surface area contributed by atoms with Gasteiger partial charge in [0.05, 0.1) is 29.6 Å². The summed E-state index contributed by atoms with van der Waals surface area (Å²) in [6.07, 6.45) is 2.55. The van der Waals surface area contributed by atoms with Crippen molar-refractivity contribution in [2.75, 3.05) is 13.7 Å². The summed E-state index contributed by atoms with van der Waals surface area (Å²) in [4.78, 5) is 12.2. The lowest BCUT2D eigenvalue weighted by atomic mass is 10.2. The SMILES string of the molecule is CCCOc1ccc(C(=O)N/N=C\c2cc(I)c(OC(C)C)c(OC)c2)cc1. The van der Waals surface area contributed by atoms with Crippen molar-refractivity contribution >= 4 is 34.7 Å². The van der Waals surface area contributed by atoms with Gasteiger partial charge in [-0.1, -0.05) is 6.92 Å². The molecule has 0 saturated heterocycles. The van der Waals surface area contributed by atoms with Crippen LogP contribution in [-0.4, -0.2) is 31.9 Å². The van der Waals surface area contributed by atoms with Gasteiger partial charge < -0.3 is 14.2 Å². The van der Waals surface area contributed by atoms with Crippen LogP contribution < -0.4 is 19.6 Å². The largest absolute Gasteiger partial charge is 0.494 e. The molecular weight excluding hydrogens is 471 g/mol. The number of rotatable bonds is 9. The summed E-state index contributed by atoms with van der Waals surface area (Å²) in [7, 11) is 1.59. The van der Waals surface area contributed by atoms with Crippen LogP contribution in [0.15, 0.2) is 41.5 Å². The van der Waals surface area contributed by atoms with Gasteiger partial charge in [0.1, 0.15) is 5.75 Å². The Labute approximate surface area is 179 Å². The van der Waals surface area contributed by atoms with E-state index in [1.165, 1.54) is 0 Å². The van der Waals surface area contributed by atoms with E-state index in [9.17, 15) is 4.79 Å². The number of ether oxygens (including phenoxy) is 3. The van der Waals surface area contributed by atoms with Gasteiger partial charge in [-0.2, -0.15) is 5.10 Å². The number of benzene rings is 2. The molecular formula is C21H25IN2O4. The number of hydrogen-bond donors (Lipinski definition) is 1. The number of hydrazone groups is 1. The van der Waals surface area contributed by atoms with Crippen molar-refractivity contribution in [1.29, 1.82) is 0 Å². The molecule has 2 aromatic carbocycles. The summed E-state index contributed by atoms with van der Waals surface area (Å²) < 4.78 is 17.6. The van der Waals surface area contributed by atoms with Crippen LogP contribution in [0.4, 0.5) is 0 Å². The third-order valence-corrected chi connectivity index (χ3v) is 4.38. The molecule has 1 N–H and O–H groups in total. The van der Waals surface area contributed by atoms with Crippen LogP contribution in [0.25, 0.3) is 0 Å². The van der Waals surface area contributed by atoms with Crippen LogP contribution in [0, 0.1) is 3.57 Å². The maximum Gasteiger partial charge on any atom is 0.271 e. The highest BCUT2D eigenvalue weighted by Gasteiger charge is 2.12. The first-order valence-electron chi connectivity index (χ1n) is 9.05. The Morgan fingerprint density at radius 3 is 2.57 bits per heavy atom. The lowest BCUT2D eigenvalue weighted by Crippen LogP contribution is -2.17. The number of carbonyl (C=O) groups excluding carboxylic acids is 1. The van der Waals surface area contributed by atoms with Gasteiger partial charge in [0.25, 0.3) is 5.91 Å². The van der Waals surface area contributed by atoms with E-state index in [-0.39, 0.29) is 12.0 Å². The number of carbonyl (C=O) groups is 1. The molecule has 0 aliphatic heterocycles. The minimum atomic E-state index is -0.292. The first-order valence-corrected chi connectivity index (χ1v) is 10.1. The average molecular weight is 496 g/mol. The highest BCUT2D eigenvalue weighted by atomic mass is 127. The maximum atomic E-state index is 12.2. The molecule has 0 fully saturated rings. The molecule has 0 aliphatic rings. The average Bonchev–Trinajstić information content (AvgIpc) is 2.68. The van der Waals surface area contributed by atoms with Gasteiger partial charge in [0.2, 0.25) is 0 Å². The smallest absolute Gasteiger partial charge is 0.271 e. The normalized spacial score (nSPS) is 10.9. The highest BCUT2D eigenvalue weighted by molar-refractivity contribution is 14.1. The third-order valence-electron chi connectivity index (χ3n) is 3.57. The molecule has 0 aliphatic carbocycles. The fourth-order valence-electron chi connectivity index (χ4n) is 2.32.